The van der Waals surface area contributed by atoms with Crippen LogP contribution in [0, 0.1) is 5.41 Å². The molecule has 5 fully saturated rings. The van der Waals surface area contributed by atoms with Crippen LogP contribution in [0.2, 0.25) is 0 Å². The highest BCUT2D eigenvalue weighted by molar-refractivity contribution is 5.80. The smallest absolute Gasteiger partial charge is 0.330 e. The summed E-state index contributed by atoms with van der Waals surface area (Å²) >= 11 is 0. The summed E-state index contributed by atoms with van der Waals surface area (Å²) in [5.74, 6) is 0.811. The van der Waals surface area contributed by atoms with Gasteiger partial charge in [-0.1, -0.05) is 11.6 Å². The summed E-state index contributed by atoms with van der Waals surface area (Å²) in [4.78, 5) is 26.9. The van der Waals surface area contributed by atoms with E-state index in [1.54, 1.807) is 4.57 Å². The molecule has 2 spiro atoms. The third-order valence-corrected chi connectivity index (χ3v) is 12.1. The summed E-state index contributed by atoms with van der Waals surface area (Å²) in [5, 5.41) is 4.79. The third-order valence-electron chi connectivity index (χ3n) is 12.1. The van der Waals surface area contributed by atoms with Crippen LogP contribution in [-0.2, 0) is 32.6 Å². The Labute approximate surface area is 275 Å². The zero-order valence-electron chi connectivity index (χ0n) is 27.8. The van der Waals surface area contributed by atoms with Crippen LogP contribution in [0.25, 0.3) is 22.7 Å². The average molecular weight is 649 g/mol. The molecule has 2 atom stereocenters. The minimum absolute atomic E-state index is 0.0919. The number of likely N-dealkylation sites (tertiary alicyclic amines) is 1. The van der Waals surface area contributed by atoms with E-state index in [1.165, 1.54) is 25.9 Å². The zero-order valence-corrected chi connectivity index (χ0v) is 27.8. The fourth-order valence-electron chi connectivity index (χ4n) is 9.54. The molecule has 12 heteroatoms. The van der Waals surface area contributed by atoms with Gasteiger partial charge in [0.15, 0.2) is 17.0 Å². The van der Waals surface area contributed by atoms with Crippen LogP contribution in [0.3, 0.4) is 0 Å². The lowest BCUT2D eigenvalue weighted by molar-refractivity contribution is -0.231. The van der Waals surface area contributed by atoms with E-state index in [9.17, 15) is 4.79 Å². The van der Waals surface area contributed by atoms with Crippen molar-refractivity contribution in [1.82, 2.24) is 29.2 Å². The summed E-state index contributed by atoms with van der Waals surface area (Å²) in [6.07, 6.45) is 13.4. The topological polar surface area (TPSA) is 119 Å². The molecule has 47 heavy (non-hydrogen) atoms. The fraction of sp³-hybridized carbons (Fsp3) is 0.771. The number of nitrogens with zero attached hydrogens (tertiary/aromatic N) is 6. The molecule has 0 aromatic carbocycles. The van der Waals surface area contributed by atoms with Crippen LogP contribution in [0.5, 0.6) is 5.88 Å². The number of aromatic nitrogens is 5. The van der Waals surface area contributed by atoms with Crippen LogP contribution in [0.15, 0.2) is 9.32 Å². The van der Waals surface area contributed by atoms with Crippen LogP contribution in [0.4, 0.5) is 0 Å². The second-order valence-corrected chi connectivity index (χ2v) is 15.0. The van der Waals surface area contributed by atoms with Crippen molar-refractivity contribution in [2.24, 2.45) is 5.41 Å². The van der Waals surface area contributed by atoms with E-state index >= 15 is 0 Å². The Morgan fingerprint density at radius 3 is 2.51 bits per heavy atom. The third kappa shape index (κ3) is 4.83. The first-order valence-corrected chi connectivity index (χ1v) is 18.3. The van der Waals surface area contributed by atoms with E-state index in [0.29, 0.717) is 68.2 Å². The Morgan fingerprint density at radius 1 is 0.936 bits per heavy atom. The summed E-state index contributed by atoms with van der Waals surface area (Å²) in [7, 11) is 0. The molecule has 2 saturated carbocycles. The van der Waals surface area contributed by atoms with Gasteiger partial charge in [0, 0.05) is 37.1 Å². The lowest BCUT2D eigenvalue weighted by atomic mass is 9.61. The molecule has 6 aliphatic rings. The van der Waals surface area contributed by atoms with Gasteiger partial charge in [0.1, 0.15) is 0 Å². The lowest BCUT2D eigenvalue weighted by Crippen LogP contribution is -2.56. The first kappa shape index (κ1) is 30.3. The second-order valence-electron chi connectivity index (χ2n) is 15.0. The van der Waals surface area contributed by atoms with Crippen LogP contribution in [-0.4, -0.2) is 87.6 Å². The number of aryl methyl sites for hydroxylation is 1. The van der Waals surface area contributed by atoms with Crippen molar-refractivity contribution in [1.29, 1.82) is 0 Å². The van der Waals surface area contributed by atoms with E-state index in [2.05, 4.69) is 4.90 Å². The first-order chi connectivity index (χ1) is 23.1. The van der Waals surface area contributed by atoms with Crippen molar-refractivity contribution in [3.63, 3.8) is 0 Å². The Morgan fingerprint density at radius 2 is 1.74 bits per heavy atom. The molecule has 3 saturated heterocycles. The average Bonchev–Trinajstić information content (AvgIpc) is 3.56. The monoisotopic (exact) mass is 648 g/mol. The second kappa shape index (κ2) is 11.7. The summed E-state index contributed by atoms with van der Waals surface area (Å²) < 4.78 is 35.3. The van der Waals surface area contributed by atoms with Gasteiger partial charge in [-0.05, 0) is 90.6 Å². The quantitative estimate of drug-likeness (QED) is 0.338. The molecule has 3 aliphatic heterocycles. The van der Waals surface area contributed by atoms with Crippen molar-refractivity contribution < 1.29 is 23.5 Å². The standard InChI is InChI=1S/C35H48N6O6/c1-2-40-26-30(41(32(40)42)24-9-8-18-43-21-24)36-29(37-31(26)44-23-33(14-15-33)22-39-16-5-6-17-39)27-25-10-7-12-34(28(25)38-47-27)11-3-4-13-35(34)45-19-20-46-35/h24H,2-23H2,1H3/t24-,34+/m1/s1. The van der Waals surface area contributed by atoms with E-state index < -0.39 is 5.79 Å². The number of fused-ring (bicyclic) bond motifs is 4. The van der Waals surface area contributed by atoms with Crippen LogP contribution >= 0.6 is 0 Å². The van der Waals surface area contributed by atoms with E-state index in [0.717, 1.165) is 88.4 Å². The highest BCUT2D eigenvalue weighted by Gasteiger charge is 2.61. The van der Waals surface area contributed by atoms with Crippen LogP contribution in [0.1, 0.15) is 101 Å². The molecule has 0 radical (unpaired) electrons. The van der Waals surface area contributed by atoms with Gasteiger partial charge in [-0.25, -0.2) is 9.78 Å². The minimum Gasteiger partial charge on any atom is -0.475 e. The van der Waals surface area contributed by atoms with Gasteiger partial charge < -0.3 is 28.4 Å². The van der Waals surface area contributed by atoms with Gasteiger partial charge in [-0.3, -0.25) is 9.13 Å². The Balaban J connectivity index is 1.16. The van der Waals surface area contributed by atoms with Gasteiger partial charge in [-0.2, -0.15) is 4.98 Å². The van der Waals surface area contributed by atoms with Crippen molar-refractivity contribution >= 4 is 11.2 Å². The molecule has 6 heterocycles. The van der Waals surface area contributed by atoms with Gasteiger partial charge in [-0.15, -0.1) is 0 Å². The fourth-order valence-corrected chi connectivity index (χ4v) is 9.54. The normalized spacial score (nSPS) is 28.4. The van der Waals surface area contributed by atoms with Gasteiger partial charge in [0.05, 0.1) is 43.6 Å². The maximum absolute atomic E-state index is 14.1. The highest BCUT2D eigenvalue weighted by Crippen LogP contribution is 2.57. The molecular weight excluding hydrogens is 600 g/mol. The number of hydrogen-bond donors (Lipinski definition) is 0. The number of imidazole rings is 1. The van der Waals surface area contributed by atoms with E-state index in [-0.39, 0.29) is 22.6 Å². The first-order valence-electron chi connectivity index (χ1n) is 18.3. The molecule has 254 valence electrons. The maximum Gasteiger partial charge on any atom is 0.330 e. The SMILES string of the molecule is CCn1c(=O)n([C@@H]2CCCOC2)c2nc(-c3onc4c3CCC[C@@]43CCCCC34OCCO4)nc(OCC3(CN4CCCC4)CC3)c21. The summed E-state index contributed by atoms with van der Waals surface area (Å²) in [6, 6.07) is -0.0993. The molecule has 0 N–H and O–H groups in total. The predicted molar refractivity (Wildman–Crippen MR) is 173 cm³/mol. The van der Waals surface area contributed by atoms with Gasteiger partial charge in [0.25, 0.3) is 0 Å². The predicted octanol–water partition coefficient (Wildman–Crippen LogP) is 4.77. The maximum atomic E-state index is 14.1. The Kier molecular flexibility index (Phi) is 7.52. The number of hydrogen-bond acceptors (Lipinski definition) is 10. The van der Waals surface area contributed by atoms with Gasteiger partial charge >= 0.3 is 5.69 Å². The van der Waals surface area contributed by atoms with E-state index in [4.69, 9.17) is 38.6 Å². The molecule has 0 unspecified atom stereocenters. The van der Waals surface area contributed by atoms with Crippen molar-refractivity contribution in [2.45, 2.75) is 114 Å². The van der Waals surface area contributed by atoms with E-state index in [1.807, 2.05) is 11.5 Å². The lowest BCUT2D eigenvalue weighted by Gasteiger charge is -2.50. The van der Waals surface area contributed by atoms with Crippen molar-refractivity contribution in [2.75, 3.05) is 52.7 Å². The molecular formula is C35H48N6O6. The molecule has 0 bridgehead atoms. The minimum atomic E-state index is -0.651. The van der Waals surface area contributed by atoms with Crippen molar-refractivity contribution in [3.8, 4) is 17.5 Å². The molecule has 12 nitrogen and oxygen atoms in total. The van der Waals surface area contributed by atoms with Gasteiger partial charge in [0.2, 0.25) is 17.5 Å². The van der Waals surface area contributed by atoms with Crippen LogP contribution < -0.4 is 10.4 Å². The largest absolute Gasteiger partial charge is 0.475 e. The molecule has 3 aromatic rings. The summed E-state index contributed by atoms with van der Waals surface area (Å²) in [6.45, 7) is 8.87. The molecule has 9 rings (SSSR count). The highest BCUT2D eigenvalue weighted by atomic mass is 16.7. The number of rotatable bonds is 8. The van der Waals surface area contributed by atoms with Crippen molar-refractivity contribution in [3.05, 3.63) is 21.7 Å². The molecule has 3 aliphatic carbocycles. The molecule has 0 amide bonds. The Bertz CT molecular complexity index is 1690. The molecule has 3 aromatic heterocycles. The Hall–Kier alpha value is -2.80. The zero-order chi connectivity index (χ0) is 31.6. The summed E-state index contributed by atoms with van der Waals surface area (Å²) in [5.41, 5.74) is 2.93. The number of ether oxygens (including phenoxy) is 4.